The minimum atomic E-state index is 0.0448. The maximum Gasteiger partial charge on any atom is 0.231 e. The number of aromatic amines is 1. The van der Waals surface area contributed by atoms with Gasteiger partial charge in [0, 0.05) is 46.4 Å². The molecule has 0 aliphatic carbocycles. The van der Waals surface area contributed by atoms with Crippen molar-refractivity contribution in [3.63, 3.8) is 0 Å². The second-order valence-electron chi connectivity index (χ2n) is 11.0. The molecule has 1 N–H and O–H groups in total. The van der Waals surface area contributed by atoms with E-state index in [-0.39, 0.29) is 18.2 Å². The van der Waals surface area contributed by atoms with Crippen molar-refractivity contribution in [1.82, 2.24) is 4.98 Å². The third-order valence-corrected chi connectivity index (χ3v) is 8.72. The number of hydrogen-bond acceptors (Lipinski definition) is 2. The first-order valence-corrected chi connectivity index (χ1v) is 14.9. The van der Waals surface area contributed by atoms with Crippen molar-refractivity contribution < 1.29 is 9.53 Å². The Balaban J connectivity index is 1.26. The molecule has 0 spiro atoms. The molecule has 1 aliphatic heterocycles. The van der Waals surface area contributed by atoms with Crippen LogP contribution in [0.3, 0.4) is 0 Å². The summed E-state index contributed by atoms with van der Waals surface area (Å²) in [7, 11) is 0. The summed E-state index contributed by atoms with van der Waals surface area (Å²) in [4.78, 5) is 19.6. The lowest BCUT2D eigenvalue weighted by atomic mass is 9.92. The molecule has 0 radical (unpaired) electrons. The maximum atomic E-state index is 14.1. The van der Waals surface area contributed by atoms with E-state index in [2.05, 4.69) is 66.5 Å². The van der Waals surface area contributed by atoms with Crippen molar-refractivity contribution in [2.24, 2.45) is 0 Å². The highest BCUT2D eigenvalue weighted by atomic mass is 35.5. The summed E-state index contributed by atoms with van der Waals surface area (Å²) in [6.45, 7) is 3.13. The molecule has 5 heteroatoms. The Morgan fingerprint density at radius 2 is 1.69 bits per heavy atom. The highest BCUT2D eigenvalue weighted by Gasteiger charge is 2.35. The molecule has 7 rings (SSSR count). The molecular formula is C37H31ClN2O2. The number of anilines is 1. The number of carbonyl (C=O) groups is 1. The number of rotatable bonds is 7. The van der Waals surface area contributed by atoms with Gasteiger partial charge in [-0.05, 0) is 46.2 Å². The van der Waals surface area contributed by atoms with E-state index in [1.807, 2.05) is 59.5 Å². The third kappa shape index (κ3) is 4.72. The SMILES string of the molecule is Cc1cccc2c(OCc3ccccc3)cc3c(c12)[C@H](CCl)CN3C(=O)Cc1cccc2cc(-c3ccccc3)[nH]c12. The highest BCUT2D eigenvalue weighted by molar-refractivity contribution is 6.19. The summed E-state index contributed by atoms with van der Waals surface area (Å²) >= 11 is 6.56. The number of halogens is 1. The van der Waals surface area contributed by atoms with Crippen LogP contribution in [0, 0.1) is 6.92 Å². The molecule has 1 amide bonds. The number of fused-ring (bicyclic) bond motifs is 4. The lowest BCUT2D eigenvalue weighted by Gasteiger charge is -2.20. The summed E-state index contributed by atoms with van der Waals surface area (Å²) in [6, 6.07) is 37.1. The van der Waals surface area contributed by atoms with Crippen LogP contribution in [0.25, 0.3) is 32.9 Å². The summed E-state index contributed by atoms with van der Waals surface area (Å²) in [5.41, 5.74) is 8.44. The molecule has 1 aromatic heterocycles. The average Bonchev–Trinajstić information content (AvgIpc) is 3.63. The number of aryl methyl sites for hydroxylation is 1. The van der Waals surface area contributed by atoms with Gasteiger partial charge in [-0.3, -0.25) is 4.79 Å². The Kier molecular flexibility index (Phi) is 6.93. The van der Waals surface area contributed by atoms with Gasteiger partial charge < -0.3 is 14.6 Å². The first-order chi connectivity index (χ1) is 20.6. The molecule has 0 bridgehead atoms. The molecule has 1 aliphatic rings. The first kappa shape index (κ1) is 26.4. The molecule has 1 atom stereocenters. The van der Waals surface area contributed by atoms with Crippen LogP contribution >= 0.6 is 11.6 Å². The normalized spacial score (nSPS) is 14.4. The molecule has 0 saturated carbocycles. The van der Waals surface area contributed by atoms with E-state index < -0.39 is 0 Å². The lowest BCUT2D eigenvalue weighted by molar-refractivity contribution is -0.117. The standard InChI is InChI=1S/C37H31ClN2O2/c1-24-10-8-17-30-33(42-23-25-11-4-2-5-12-25)20-32-36(35(24)30)29(21-38)22-40(32)34(41)19-28-16-9-15-27-18-31(39-37(27)28)26-13-6-3-7-14-26/h2-18,20,29,39H,19,21-23H2,1H3/t29-/m1/s1. The Morgan fingerprint density at radius 3 is 2.48 bits per heavy atom. The van der Waals surface area contributed by atoms with E-state index in [1.165, 1.54) is 0 Å². The van der Waals surface area contributed by atoms with Gasteiger partial charge >= 0.3 is 0 Å². The monoisotopic (exact) mass is 570 g/mol. The predicted octanol–water partition coefficient (Wildman–Crippen LogP) is 8.79. The minimum Gasteiger partial charge on any atom is -0.488 e. The van der Waals surface area contributed by atoms with Gasteiger partial charge in [0.25, 0.3) is 0 Å². The zero-order valence-corrected chi connectivity index (χ0v) is 24.2. The van der Waals surface area contributed by atoms with Gasteiger partial charge in [0.15, 0.2) is 0 Å². The number of aromatic nitrogens is 1. The summed E-state index contributed by atoms with van der Waals surface area (Å²) in [6.07, 6.45) is 0.284. The van der Waals surface area contributed by atoms with E-state index >= 15 is 0 Å². The van der Waals surface area contributed by atoms with Gasteiger partial charge in [-0.25, -0.2) is 0 Å². The Morgan fingerprint density at radius 1 is 0.929 bits per heavy atom. The third-order valence-electron chi connectivity index (χ3n) is 8.35. The summed E-state index contributed by atoms with van der Waals surface area (Å²) in [5.74, 6) is 1.32. The molecule has 5 aromatic carbocycles. The molecule has 2 heterocycles. The zero-order chi connectivity index (χ0) is 28.6. The fourth-order valence-corrected chi connectivity index (χ4v) is 6.55. The number of nitrogens with zero attached hydrogens (tertiary/aromatic N) is 1. The number of para-hydroxylation sites is 1. The second-order valence-corrected chi connectivity index (χ2v) is 11.4. The Labute approximate surface area is 250 Å². The van der Waals surface area contributed by atoms with Gasteiger partial charge in [-0.1, -0.05) is 97.1 Å². The van der Waals surface area contributed by atoms with Gasteiger partial charge in [0.1, 0.15) is 12.4 Å². The first-order valence-electron chi connectivity index (χ1n) is 14.4. The van der Waals surface area contributed by atoms with Crippen molar-refractivity contribution in [2.75, 3.05) is 17.3 Å². The van der Waals surface area contributed by atoms with E-state index in [0.29, 0.717) is 19.0 Å². The van der Waals surface area contributed by atoms with Crippen LogP contribution in [0.5, 0.6) is 5.75 Å². The van der Waals surface area contributed by atoms with Crippen LogP contribution in [0.15, 0.2) is 109 Å². The quantitative estimate of drug-likeness (QED) is 0.195. The van der Waals surface area contributed by atoms with Gasteiger partial charge in [-0.15, -0.1) is 11.6 Å². The van der Waals surface area contributed by atoms with Crippen LogP contribution in [-0.4, -0.2) is 23.3 Å². The van der Waals surface area contributed by atoms with E-state index in [9.17, 15) is 4.79 Å². The van der Waals surface area contributed by atoms with Crippen LogP contribution in [0.2, 0.25) is 0 Å². The number of amides is 1. The number of benzene rings is 5. The van der Waals surface area contributed by atoms with Crippen LogP contribution < -0.4 is 9.64 Å². The fraction of sp³-hybridized carbons (Fsp3) is 0.162. The number of ether oxygens (including phenoxy) is 1. The topological polar surface area (TPSA) is 45.3 Å². The fourth-order valence-electron chi connectivity index (χ4n) is 6.30. The minimum absolute atomic E-state index is 0.0448. The average molecular weight is 571 g/mol. The van der Waals surface area contributed by atoms with Crippen molar-refractivity contribution in [3.8, 4) is 17.0 Å². The molecule has 208 valence electrons. The molecule has 6 aromatic rings. The number of alkyl halides is 1. The number of H-pyrrole nitrogens is 1. The van der Waals surface area contributed by atoms with E-state index in [0.717, 1.165) is 66.6 Å². The molecule has 0 unspecified atom stereocenters. The van der Waals surface area contributed by atoms with E-state index in [4.69, 9.17) is 16.3 Å². The van der Waals surface area contributed by atoms with Crippen LogP contribution in [0.4, 0.5) is 5.69 Å². The van der Waals surface area contributed by atoms with Crippen molar-refractivity contribution in [3.05, 3.63) is 131 Å². The molecule has 0 fully saturated rings. The van der Waals surface area contributed by atoms with Gasteiger partial charge in [0.05, 0.1) is 12.1 Å². The van der Waals surface area contributed by atoms with Crippen molar-refractivity contribution >= 4 is 44.9 Å². The largest absolute Gasteiger partial charge is 0.488 e. The van der Waals surface area contributed by atoms with Crippen molar-refractivity contribution in [2.45, 2.75) is 25.9 Å². The number of carbonyl (C=O) groups excluding carboxylic acids is 1. The summed E-state index contributed by atoms with van der Waals surface area (Å²) < 4.78 is 6.43. The van der Waals surface area contributed by atoms with Crippen LogP contribution in [0.1, 0.15) is 28.2 Å². The van der Waals surface area contributed by atoms with Crippen molar-refractivity contribution in [1.29, 1.82) is 0 Å². The molecular weight excluding hydrogens is 540 g/mol. The molecule has 0 saturated heterocycles. The van der Waals surface area contributed by atoms with Gasteiger partial charge in [-0.2, -0.15) is 0 Å². The van der Waals surface area contributed by atoms with Gasteiger partial charge in [0.2, 0.25) is 5.91 Å². The number of nitrogens with one attached hydrogen (secondary N) is 1. The van der Waals surface area contributed by atoms with Crippen LogP contribution in [-0.2, 0) is 17.8 Å². The Bertz CT molecular complexity index is 1910. The second kappa shape index (κ2) is 11.0. The lowest BCUT2D eigenvalue weighted by Crippen LogP contribution is -2.31. The Hall–Kier alpha value is -4.54. The molecule has 42 heavy (non-hydrogen) atoms. The van der Waals surface area contributed by atoms with E-state index in [1.54, 1.807) is 0 Å². The highest BCUT2D eigenvalue weighted by Crippen LogP contribution is 2.47. The smallest absolute Gasteiger partial charge is 0.231 e. The maximum absolute atomic E-state index is 14.1. The predicted molar refractivity (Wildman–Crippen MR) is 173 cm³/mol. The summed E-state index contributed by atoms with van der Waals surface area (Å²) in [5, 5.41) is 3.29. The zero-order valence-electron chi connectivity index (χ0n) is 23.4. The number of hydrogen-bond donors (Lipinski definition) is 1. The molecule has 4 nitrogen and oxygen atoms in total.